The fourth-order valence-corrected chi connectivity index (χ4v) is 4.72. The highest BCUT2D eigenvalue weighted by Gasteiger charge is 2.24. The third-order valence-electron chi connectivity index (χ3n) is 6.07. The number of hydrogen-bond donors (Lipinski definition) is 1. The van der Waals surface area contributed by atoms with Crippen LogP contribution in [0.3, 0.4) is 0 Å². The van der Waals surface area contributed by atoms with E-state index in [1.807, 2.05) is 16.7 Å². The number of carbonyl (C=O) groups is 1. The number of nitrogens with zero attached hydrogens (tertiary/aromatic N) is 5. The Bertz CT molecular complexity index is 1220. The first kappa shape index (κ1) is 19.8. The van der Waals surface area contributed by atoms with Gasteiger partial charge in [-0.05, 0) is 58.0 Å². The summed E-state index contributed by atoms with van der Waals surface area (Å²) in [6, 6.07) is 12.3. The maximum absolute atomic E-state index is 13.3. The van der Waals surface area contributed by atoms with Crippen LogP contribution in [-0.2, 0) is 0 Å². The van der Waals surface area contributed by atoms with Gasteiger partial charge in [0.05, 0.1) is 16.6 Å². The van der Waals surface area contributed by atoms with Crippen LogP contribution in [0.2, 0.25) is 0 Å². The molecule has 0 spiro atoms. The molecule has 0 radical (unpaired) electrons. The largest absolute Gasteiger partial charge is 0.349 e. The van der Waals surface area contributed by atoms with Crippen LogP contribution in [0.5, 0.6) is 0 Å². The van der Waals surface area contributed by atoms with E-state index in [1.54, 1.807) is 18.5 Å². The number of para-hydroxylation sites is 1. The minimum Gasteiger partial charge on any atom is -0.349 e. The third kappa shape index (κ3) is 3.49. The molecule has 4 heterocycles. The molecule has 1 aliphatic heterocycles. The molecule has 0 unspecified atom stereocenters. The van der Waals surface area contributed by atoms with E-state index in [0.29, 0.717) is 18.2 Å². The summed E-state index contributed by atoms with van der Waals surface area (Å²) in [7, 11) is 0. The maximum atomic E-state index is 13.3. The standard InChI is InChI=1S/C24H28N6O/c1-17(2)29-19-9-4-3-8-18(19)22-20(29)16-21(30(22)24-26-10-7-11-27-24)23(31)25-12-15-28-13-5-6-14-28/h3-4,7-11,16-17H,5-6,12-15H2,1-2H3,(H,25,31). The van der Waals surface area contributed by atoms with Gasteiger partial charge in [0.1, 0.15) is 5.69 Å². The summed E-state index contributed by atoms with van der Waals surface area (Å²) < 4.78 is 4.19. The van der Waals surface area contributed by atoms with E-state index in [2.05, 4.69) is 56.8 Å². The van der Waals surface area contributed by atoms with Crippen LogP contribution in [0.1, 0.15) is 43.2 Å². The van der Waals surface area contributed by atoms with Crippen molar-refractivity contribution in [2.45, 2.75) is 32.7 Å². The van der Waals surface area contributed by atoms with Crippen molar-refractivity contribution in [3.63, 3.8) is 0 Å². The van der Waals surface area contributed by atoms with Crippen LogP contribution < -0.4 is 5.32 Å². The number of aromatic nitrogens is 4. The number of amides is 1. The summed E-state index contributed by atoms with van der Waals surface area (Å²) in [6.07, 6.45) is 5.92. The lowest BCUT2D eigenvalue weighted by molar-refractivity contribution is 0.0943. The fraction of sp³-hybridized carbons (Fsp3) is 0.375. The molecular weight excluding hydrogens is 388 g/mol. The monoisotopic (exact) mass is 416 g/mol. The van der Waals surface area contributed by atoms with Crippen molar-refractivity contribution >= 4 is 27.8 Å². The van der Waals surface area contributed by atoms with Crippen molar-refractivity contribution < 1.29 is 4.79 Å². The van der Waals surface area contributed by atoms with Gasteiger partial charge >= 0.3 is 0 Å². The van der Waals surface area contributed by atoms with E-state index in [9.17, 15) is 4.79 Å². The Morgan fingerprint density at radius 2 is 1.81 bits per heavy atom. The summed E-state index contributed by atoms with van der Waals surface area (Å²) in [5.74, 6) is 0.413. The highest BCUT2D eigenvalue weighted by molar-refractivity contribution is 6.11. The van der Waals surface area contributed by atoms with Crippen LogP contribution >= 0.6 is 0 Å². The normalized spacial score (nSPS) is 14.8. The Hall–Kier alpha value is -3.19. The zero-order valence-corrected chi connectivity index (χ0v) is 18.1. The minimum absolute atomic E-state index is 0.0952. The molecular formula is C24H28N6O. The number of rotatable bonds is 6. The molecule has 7 heteroatoms. The number of carbonyl (C=O) groups excluding carboxylic acids is 1. The molecule has 1 N–H and O–H groups in total. The minimum atomic E-state index is -0.0952. The lowest BCUT2D eigenvalue weighted by Gasteiger charge is -2.15. The average Bonchev–Trinajstić information content (AvgIpc) is 3.49. The van der Waals surface area contributed by atoms with E-state index < -0.39 is 0 Å². The number of benzene rings is 1. The Labute approximate surface area is 181 Å². The molecule has 1 amide bonds. The molecule has 0 atom stereocenters. The van der Waals surface area contributed by atoms with Gasteiger partial charge in [-0.15, -0.1) is 0 Å². The highest BCUT2D eigenvalue weighted by atomic mass is 16.2. The maximum Gasteiger partial charge on any atom is 0.268 e. The van der Waals surface area contributed by atoms with Crippen molar-refractivity contribution in [3.8, 4) is 5.95 Å². The van der Waals surface area contributed by atoms with Crippen molar-refractivity contribution in [3.05, 3.63) is 54.5 Å². The number of likely N-dealkylation sites (tertiary alicyclic amines) is 1. The SMILES string of the molecule is CC(C)n1c2ccccc2c2c1cc(C(=O)NCCN1CCCC1)n2-c1ncccn1. The molecule has 0 bridgehead atoms. The van der Waals surface area contributed by atoms with Gasteiger partial charge in [0.15, 0.2) is 0 Å². The van der Waals surface area contributed by atoms with Crippen LogP contribution in [-0.4, -0.2) is 56.1 Å². The van der Waals surface area contributed by atoms with Crippen molar-refractivity contribution in [1.82, 2.24) is 29.3 Å². The molecule has 3 aromatic heterocycles. The van der Waals surface area contributed by atoms with Crippen molar-refractivity contribution in [2.75, 3.05) is 26.2 Å². The second-order valence-electron chi connectivity index (χ2n) is 8.43. The highest BCUT2D eigenvalue weighted by Crippen LogP contribution is 2.35. The molecule has 160 valence electrons. The van der Waals surface area contributed by atoms with E-state index in [1.165, 1.54) is 12.8 Å². The number of nitrogens with one attached hydrogen (secondary N) is 1. The van der Waals surface area contributed by atoms with E-state index in [-0.39, 0.29) is 11.9 Å². The molecule has 0 aliphatic carbocycles. The van der Waals surface area contributed by atoms with Gasteiger partial charge in [-0.3, -0.25) is 9.36 Å². The van der Waals surface area contributed by atoms with Crippen LogP contribution in [0.25, 0.3) is 27.9 Å². The molecule has 1 fully saturated rings. The molecule has 4 aromatic rings. The third-order valence-corrected chi connectivity index (χ3v) is 6.07. The van der Waals surface area contributed by atoms with Gasteiger partial charge in [-0.2, -0.15) is 0 Å². The Morgan fingerprint density at radius 1 is 1.06 bits per heavy atom. The van der Waals surface area contributed by atoms with E-state index in [4.69, 9.17) is 0 Å². The smallest absolute Gasteiger partial charge is 0.268 e. The van der Waals surface area contributed by atoms with Crippen molar-refractivity contribution in [1.29, 1.82) is 0 Å². The Morgan fingerprint density at radius 3 is 2.55 bits per heavy atom. The van der Waals surface area contributed by atoms with Gasteiger partial charge in [0.25, 0.3) is 5.91 Å². The van der Waals surface area contributed by atoms with Crippen LogP contribution in [0, 0.1) is 0 Å². The molecule has 7 nitrogen and oxygen atoms in total. The lowest BCUT2D eigenvalue weighted by Crippen LogP contribution is -2.34. The van der Waals surface area contributed by atoms with Gasteiger partial charge in [-0.25, -0.2) is 9.97 Å². The number of fused-ring (bicyclic) bond motifs is 3. The molecule has 1 saturated heterocycles. The van der Waals surface area contributed by atoms with Crippen molar-refractivity contribution in [2.24, 2.45) is 0 Å². The molecule has 31 heavy (non-hydrogen) atoms. The summed E-state index contributed by atoms with van der Waals surface area (Å²) >= 11 is 0. The predicted octanol–water partition coefficient (Wildman–Crippen LogP) is 3.78. The molecule has 1 aliphatic rings. The van der Waals surface area contributed by atoms with Gasteiger partial charge < -0.3 is 14.8 Å². The average molecular weight is 417 g/mol. The first-order chi connectivity index (χ1) is 15.1. The first-order valence-electron chi connectivity index (χ1n) is 11.1. The topological polar surface area (TPSA) is 68.0 Å². The quantitative estimate of drug-likeness (QED) is 0.519. The van der Waals surface area contributed by atoms with E-state index >= 15 is 0 Å². The molecule has 0 saturated carbocycles. The second-order valence-corrected chi connectivity index (χ2v) is 8.43. The van der Waals surface area contributed by atoms with Crippen LogP contribution in [0.15, 0.2) is 48.8 Å². The van der Waals surface area contributed by atoms with Gasteiger partial charge in [-0.1, -0.05) is 18.2 Å². The van der Waals surface area contributed by atoms with Gasteiger partial charge in [0.2, 0.25) is 5.95 Å². The van der Waals surface area contributed by atoms with E-state index in [0.717, 1.165) is 41.6 Å². The van der Waals surface area contributed by atoms with Crippen LogP contribution in [0.4, 0.5) is 0 Å². The Kier molecular flexibility index (Phi) is 5.19. The zero-order valence-electron chi connectivity index (χ0n) is 18.1. The fourth-order valence-electron chi connectivity index (χ4n) is 4.72. The lowest BCUT2D eigenvalue weighted by atomic mass is 10.2. The second kappa shape index (κ2) is 8.15. The Balaban J connectivity index is 1.62. The number of hydrogen-bond acceptors (Lipinski definition) is 4. The van der Waals surface area contributed by atoms with Gasteiger partial charge in [0, 0.05) is 36.9 Å². The summed E-state index contributed by atoms with van der Waals surface area (Å²) in [6.45, 7) is 8.09. The summed E-state index contributed by atoms with van der Waals surface area (Å²) in [5.41, 5.74) is 3.71. The molecule has 1 aromatic carbocycles. The zero-order chi connectivity index (χ0) is 21.4. The molecule has 5 rings (SSSR count). The summed E-state index contributed by atoms with van der Waals surface area (Å²) in [4.78, 5) is 24.6. The predicted molar refractivity (Wildman–Crippen MR) is 123 cm³/mol. The first-order valence-corrected chi connectivity index (χ1v) is 11.1. The summed E-state index contributed by atoms with van der Waals surface area (Å²) in [5, 5.41) is 4.21.